The highest BCUT2D eigenvalue weighted by Crippen LogP contribution is 2.31. The van der Waals surface area contributed by atoms with Crippen LogP contribution in [0.15, 0.2) is 63.2 Å². The third kappa shape index (κ3) is 6.16. The van der Waals surface area contributed by atoms with Gasteiger partial charge in [0.25, 0.3) is 5.91 Å². The molecule has 0 saturated heterocycles. The van der Waals surface area contributed by atoms with Gasteiger partial charge in [0.2, 0.25) is 0 Å². The van der Waals surface area contributed by atoms with Crippen molar-refractivity contribution in [3.63, 3.8) is 0 Å². The minimum Gasteiger partial charge on any atom is -0.351 e. The van der Waals surface area contributed by atoms with Gasteiger partial charge in [0.1, 0.15) is 0 Å². The highest BCUT2D eigenvalue weighted by Gasteiger charge is 2.12. The van der Waals surface area contributed by atoms with Crippen LogP contribution < -0.4 is 10.6 Å². The minimum atomic E-state index is -3.21. The molecular weight excluding hydrogens is 368 g/mol. The van der Waals surface area contributed by atoms with E-state index in [1.165, 1.54) is 18.0 Å². The fourth-order valence-corrected chi connectivity index (χ4v) is 3.86. The van der Waals surface area contributed by atoms with Crippen LogP contribution in [-0.2, 0) is 9.84 Å². The number of hydrogen-bond donors (Lipinski definition) is 2. The van der Waals surface area contributed by atoms with Crippen molar-refractivity contribution in [1.29, 1.82) is 0 Å². The Morgan fingerprint density at radius 2 is 1.69 bits per heavy atom. The largest absolute Gasteiger partial charge is 0.351 e. The summed E-state index contributed by atoms with van der Waals surface area (Å²) in [4.78, 5) is 14.4. The molecule has 0 fully saturated rings. The van der Waals surface area contributed by atoms with Crippen LogP contribution >= 0.6 is 11.8 Å². The Labute approximate surface area is 159 Å². The van der Waals surface area contributed by atoms with Gasteiger partial charge >= 0.3 is 0 Å². The van der Waals surface area contributed by atoms with Crippen LogP contribution in [0.2, 0.25) is 0 Å². The fraction of sp³-hybridized carbons (Fsp3) is 0.316. The standard InChI is InChI=1S/C19H24N2O3S2/c1-3-12-20-13-14-21-19(22)17-6-4-5-7-18(17)25-15-8-10-16(11-9-15)26(2,23)24/h4-11,20H,3,12-14H2,1-2H3,(H,21,22). The van der Waals surface area contributed by atoms with E-state index in [4.69, 9.17) is 0 Å². The third-order valence-corrected chi connectivity index (χ3v) is 5.84. The van der Waals surface area contributed by atoms with Gasteiger partial charge in [-0.1, -0.05) is 30.8 Å². The lowest BCUT2D eigenvalue weighted by molar-refractivity contribution is 0.0951. The van der Waals surface area contributed by atoms with Crippen LogP contribution in [0, 0.1) is 0 Å². The fourth-order valence-electron chi connectivity index (χ4n) is 2.29. The van der Waals surface area contributed by atoms with Gasteiger partial charge in [0, 0.05) is 29.1 Å². The second kappa shape index (κ2) is 9.75. The predicted molar refractivity (Wildman–Crippen MR) is 106 cm³/mol. The Morgan fingerprint density at radius 1 is 1.00 bits per heavy atom. The molecule has 0 atom stereocenters. The van der Waals surface area contributed by atoms with E-state index in [-0.39, 0.29) is 10.8 Å². The molecule has 2 N–H and O–H groups in total. The molecule has 0 unspecified atom stereocenters. The van der Waals surface area contributed by atoms with Crippen molar-refractivity contribution in [2.75, 3.05) is 25.9 Å². The highest BCUT2D eigenvalue weighted by molar-refractivity contribution is 7.99. The highest BCUT2D eigenvalue weighted by atomic mass is 32.2. The van der Waals surface area contributed by atoms with Crippen LogP contribution in [0.5, 0.6) is 0 Å². The van der Waals surface area contributed by atoms with E-state index in [0.29, 0.717) is 12.1 Å². The molecule has 0 bridgehead atoms. The first-order chi connectivity index (χ1) is 12.4. The van der Waals surface area contributed by atoms with Gasteiger partial charge in [-0.25, -0.2) is 8.42 Å². The summed E-state index contributed by atoms with van der Waals surface area (Å²) in [6.45, 7) is 4.34. The molecule has 26 heavy (non-hydrogen) atoms. The molecule has 2 rings (SSSR count). The lowest BCUT2D eigenvalue weighted by atomic mass is 10.2. The first-order valence-corrected chi connectivity index (χ1v) is 11.2. The predicted octanol–water partition coefficient (Wildman–Crippen LogP) is 2.97. The second-order valence-corrected chi connectivity index (χ2v) is 8.98. The van der Waals surface area contributed by atoms with Crippen LogP contribution in [0.25, 0.3) is 0 Å². The average Bonchev–Trinajstić information content (AvgIpc) is 2.61. The Hall–Kier alpha value is -1.83. The maximum Gasteiger partial charge on any atom is 0.252 e. The Morgan fingerprint density at radius 3 is 2.35 bits per heavy atom. The Kier molecular flexibility index (Phi) is 7.68. The van der Waals surface area contributed by atoms with Gasteiger partial charge in [-0.15, -0.1) is 0 Å². The molecule has 2 aromatic rings. The number of carbonyl (C=O) groups is 1. The van der Waals surface area contributed by atoms with Gasteiger partial charge in [-0.05, 0) is 49.4 Å². The van der Waals surface area contributed by atoms with Crippen molar-refractivity contribution in [3.05, 3.63) is 54.1 Å². The number of nitrogens with one attached hydrogen (secondary N) is 2. The molecular formula is C19H24N2O3S2. The molecule has 0 aliphatic rings. The monoisotopic (exact) mass is 392 g/mol. The molecule has 7 heteroatoms. The molecule has 0 aliphatic carbocycles. The first kappa shape index (κ1) is 20.5. The number of hydrogen-bond acceptors (Lipinski definition) is 5. The molecule has 0 aliphatic heterocycles. The van der Waals surface area contributed by atoms with E-state index in [2.05, 4.69) is 17.6 Å². The Bertz CT molecular complexity index is 834. The smallest absolute Gasteiger partial charge is 0.252 e. The Balaban J connectivity index is 2.05. The molecule has 140 valence electrons. The van der Waals surface area contributed by atoms with Gasteiger partial charge in [-0.2, -0.15) is 0 Å². The second-order valence-electron chi connectivity index (χ2n) is 5.85. The van der Waals surface area contributed by atoms with Crippen LogP contribution in [0.4, 0.5) is 0 Å². The van der Waals surface area contributed by atoms with E-state index < -0.39 is 9.84 Å². The molecule has 0 spiro atoms. The van der Waals surface area contributed by atoms with E-state index in [0.717, 1.165) is 29.3 Å². The number of benzene rings is 2. The quantitative estimate of drug-likeness (QED) is 0.642. The van der Waals surface area contributed by atoms with Crippen molar-refractivity contribution in [2.24, 2.45) is 0 Å². The van der Waals surface area contributed by atoms with Gasteiger partial charge in [0.15, 0.2) is 9.84 Å². The summed E-state index contributed by atoms with van der Waals surface area (Å²) in [5.41, 5.74) is 0.611. The van der Waals surface area contributed by atoms with E-state index in [1.807, 2.05) is 18.2 Å². The van der Waals surface area contributed by atoms with Crippen LogP contribution in [0.3, 0.4) is 0 Å². The molecule has 0 radical (unpaired) electrons. The lowest BCUT2D eigenvalue weighted by Gasteiger charge is -2.10. The third-order valence-electron chi connectivity index (χ3n) is 3.63. The summed E-state index contributed by atoms with van der Waals surface area (Å²) in [5.74, 6) is -0.112. The summed E-state index contributed by atoms with van der Waals surface area (Å²) in [7, 11) is -3.21. The number of carbonyl (C=O) groups excluding carboxylic acids is 1. The number of sulfone groups is 1. The van der Waals surface area contributed by atoms with Gasteiger partial charge in [0.05, 0.1) is 10.5 Å². The summed E-state index contributed by atoms with van der Waals surface area (Å²) in [6.07, 6.45) is 2.25. The van der Waals surface area contributed by atoms with Crippen molar-refractivity contribution < 1.29 is 13.2 Å². The van der Waals surface area contributed by atoms with Crippen LogP contribution in [0.1, 0.15) is 23.7 Å². The summed E-state index contributed by atoms with van der Waals surface area (Å²) in [6, 6.07) is 14.1. The lowest BCUT2D eigenvalue weighted by Crippen LogP contribution is -2.32. The summed E-state index contributed by atoms with van der Waals surface area (Å²) < 4.78 is 23.1. The normalized spacial score (nSPS) is 11.3. The molecule has 0 saturated carbocycles. The first-order valence-electron chi connectivity index (χ1n) is 8.47. The zero-order valence-electron chi connectivity index (χ0n) is 15.0. The van der Waals surface area contributed by atoms with Crippen molar-refractivity contribution >= 4 is 27.5 Å². The number of rotatable bonds is 9. The zero-order chi connectivity index (χ0) is 19.0. The van der Waals surface area contributed by atoms with Crippen molar-refractivity contribution in [3.8, 4) is 0 Å². The van der Waals surface area contributed by atoms with E-state index in [9.17, 15) is 13.2 Å². The van der Waals surface area contributed by atoms with Crippen molar-refractivity contribution in [1.82, 2.24) is 10.6 Å². The topological polar surface area (TPSA) is 75.3 Å². The van der Waals surface area contributed by atoms with Gasteiger partial charge < -0.3 is 10.6 Å². The molecule has 1 amide bonds. The van der Waals surface area contributed by atoms with E-state index >= 15 is 0 Å². The summed E-state index contributed by atoms with van der Waals surface area (Å²) >= 11 is 1.44. The van der Waals surface area contributed by atoms with Crippen molar-refractivity contribution in [2.45, 2.75) is 28.0 Å². The van der Waals surface area contributed by atoms with Gasteiger partial charge in [-0.3, -0.25) is 4.79 Å². The SMILES string of the molecule is CCCNCCNC(=O)c1ccccc1Sc1ccc(S(C)(=O)=O)cc1. The molecule has 0 aromatic heterocycles. The maximum atomic E-state index is 12.4. The molecule has 5 nitrogen and oxygen atoms in total. The molecule has 0 heterocycles. The minimum absolute atomic E-state index is 0.112. The number of amides is 1. The van der Waals surface area contributed by atoms with Crippen LogP contribution in [-0.4, -0.2) is 40.2 Å². The van der Waals surface area contributed by atoms with E-state index in [1.54, 1.807) is 30.3 Å². The maximum absolute atomic E-state index is 12.4. The molecule has 2 aromatic carbocycles. The summed E-state index contributed by atoms with van der Waals surface area (Å²) in [5, 5.41) is 6.16. The average molecular weight is 393 g/mol. The zero-order valence-corrected chi connectivity index (χ0v) is 16.6.